The van der Waals surface area contributed by atoms with E-state index in [0.717, 1.165) is 19.6 Å². The summed E-state index contributed by atoms with van der Waals surface area (Å²) in [5.74, 6) is 0.412. The summed E-state index contributed by atoms with van der Waals surface area (Å²) in [5, 5.41) is 9.65. The van der Waals surface area contributed by atoms with Crippen molar-refractivity contribution in [1.29, 1.82) is 0 Å². The molecule has 1 aromatic rings. The van der Waals surface area contributed by atoms with Gasteiger partial charge in [-0.1, -0.05) is 36.8 Å². The average molecular weight is 205 g/mol. The molecule has 15 heavy (non-hydrogen) atoms. The maximum absolute atomic E-state index is 9.65. The van der Waals surface area contributed by atoms with Crippen LogP contribution < -0.4 is 0 Å². The number of aliphatic hydroxyl groups is 1. The number of rotatable bonds is 2. The van der Waals surface area contributed by atoms with Gasteiger partial charge in [0.25, 0.3) is 0 Å². The Morgan fingerprint density at radius 2 is 1.93 bits per heavy atom. The predicted molar refractivity (Wildman–Crippen MR) is 61.6 cm³/mol. The number of benzene rings is 1. The van der Waals surface area contributed by atoms with Crippen molar-refractivity contribution < 1.29 is 5.11 Å². The van der Waals surface area contributed by atoms with Crippen molar-refractivity contribution in [3.8, 4) is 0 Å². The van der Waals surface area contributed by atoms with E-state index in [1.165, 1.54) is 11.1 Å². The Kier molecular flexibility index (Phi) is 3.08. The van der Waals surface area contributed by atoms with E-state index in [-0.39, 0.29) is 6.10 Å². The fourth-order valence-electron chi connectivity index (χ4n) is 2.13. The maximum Gasteiger partial charge on any atom is 0.0704 e. The lowest BCUT2D eigenvalue weighted by Gasteiger charge is -2.14. The second-order valence-corrected chi connectivity index (χ2v) is 4.72. The van der Waals surface area contributed by atoms with Crippen molar-refractivity contribution in [3.05, 3.63) is 35.4 Å². The summed E-state index contributed by atoms with van der Waals surface area (Å²) in [6.45, 7) is 7.00. The highest BCUT2D eigenvalue weighted by molar-refractivity contribution is 5.21. The summed E-state index contributed by atoms with van der Waals surface area (Å²) < 4.78 is 0. The Morgan fingerprint density at radius 3 is 2.47 bits per heavy atom. The minimum atomic E-state index is -0.143. The predicted octanol–water partition coefficient (Wildman–Crippen LogP) is 1.81. The fourth-order valence-corrected chi connectivity index (χ4v) is 2.13. The molecular weight excluding hydrogens is 186 g/mol. The van der Waals surface area contributed by atoms with E-state index in [1.54, 1.807) is 0 Å². The first-order chi connectivity index (χ1) is 7.15. The topological polar surface area (TPSA) is 23.5 Å². The van der Waals surface area contributed by atoms with Gasteiger partial charge in [0.1, 0.15) is 0 Å². The van der Waals surface area contributed by atoms with Gasteiger partial charge in [-0.3, -0.25) is 4.90 Å². The van der Waals surface area contributed by atoms with E-state index in [2.05, 4.69) is 43.0 Å². The number of aliphatic hydroxyl groups excluding tert-OH is 1. The smallest absolute Gasteiger partial charge is 0.0704 e. The van der Waals surface area contributed by atoms with Gasteiger partial charge >= 0.3 is 0 Å². The third kappa shape index (κ3) is 2.58. The number of hydrogen-bond acceptors (Lipinski definition) is 2. The summed E-state index contributed by atoms with van der Waals surface area (Å²) in [4.78, 5) is 2.32. The maximum atomic E-state index is 9.65. The summed E-state index contributed by atoms with van der Waals surface area (Å²) in [7, 11) is 0. The molecule has 0 spiro atoms. The number of nitrogens with zero attached hydrogens (tertiary/aromatic N) is 1. The van der Waals surface area contributed by atoms with Crippen LogP contribution in [0.15, 0.2) is 24.3 Å². The van der Waals surface area contributed by atoms with Crippen LogP contribution in [0.5, 0.6) is 0 Å². The first-order valence-corrected chi connectivity index (χ1v) is 5.61. The van der Waals surface area contributed by atoms with Gasteiger partial charge in [0.05, 0.1) is 6.10 Å². The van der Waals surface area contributed by atoms with Crippen LogP contribution in [0.2, 0.25) is 0 Å². The van der Waals surface area contributed by atoms with Crippen molar-refractivity contribution in [3.63, 3.8) is 0 Å². The van der Waals surface area contributed by atoms with Crippen LogP contribution in [0.4, 0.5) is 0 Å². The van der Waals surface area contributed by atoms with Crippen LogP contribution in [0.25, 0.3) is 0 Å². The monoisotopic (exact) mass is 205 g/mol. The molecule has 1 aromatic carbocycles. The lowest BCUT2D eigenvalue weighted by atomic mass is 10.1. The van der Waals surface area contributed by atoms with E-state index >= 15 is 0 Å². The molecule has 1 aliphatic heterocycles. The summed E-state index contributed by atoms with van der Waals surface area (Å²) in [5.41, 5.74) is 2.63. The van der Waals surface area contributed by atoms with Crippen LogP contribution in [0, 0.1) is 12.8 Å². The van der Waals surface area contributed by atoms with Crippen molar-refractivity contribution in [2.24, 2.45) is 5.92 Å². The van der Waals surface area contributed by atoms with Crippen molar-refractivity contribution >= 4 is 0 Å². The highest BCUT2D eigenvalue weighted by Gasteiger charge is 2.27. The molecule has 1 fully saturated rings. The zero-order chi connectivity index (χ0) is 10.8. The third-order valence-corrected chi connectivity index (χ3v) is 3.18. The third-order valence-electron chi connectivity index (χ3n) is 3.18. The average Bonchev–Trinajstić information content (AvgIpc) is 2.50. The van der Waals surface area contributed by atoms with Gasteiger partial charge in [-0.05, 0) is 18.4 Å². The van der Waals surface area contributed by atoms with Gasteiger partial charge in [-0.2, -0.15) is 0 Å². The minimum absolute atomic E-state index is 0.143. The quantitative estimate of drug-likeness (QED) is 0.796. The van der Waals surface area contributed by atoms with E-state index < -0.39 is 0 Å². The first kappa shape index (κ1) is 10.7. The molecule has 82 valence electrons. The molecule has 0 bridgehead atoms. The molecule has 0 radical (unpaired) electrons. The van der Waals surface area contributed by atoms with E-state index in [0.29, 0.717) is 5.92 Å². The molecule has 0 aliphatic carbocycles. The molecule has 1 saturated heterocycles. The van der Waals surface area contributed by atoms with E-state index in [4.69, 9.17) is 0 Å². The molecule has 2 rings (SSSR count). The summed E-state index contributed by atoms with van der Waals surface area (Å²) in [6, 6.07) is 8.63. The highest BCUT2D eigenvalue weighted by atomic mass is 16.3. The van der Waals surface area contributed by atoms with Crippen LogP contribution in [-0.4, -0.2) is 29.2 Å². The van der Waals surface area contributed by atoms with Gasteiger partial charge in [-0.25, -0.2) is 0 Å². The Bertz CT molecular complexity index is 310. The van der Waals surface area contributed by atoms with Crippen LogP contribution in [0.1, 0.15) is 18.1 Å². The molecule has 1 N–H and O–H groups in total. The molecular formula is C13H19NO. The van der Waals surface area contributed by atoms with Gasteiger partial charge in [0.15, 0.2) is 0 Å². The Labute approximate surface area is 91.5 Å². The molecule has 0 amide bonds. The Balaban J connectivity index is 1.95. The summed E-state index contributed by atoms with van der Waals surface area (Å²) >= 11 is 0. The molecule has 1 aliphatic rings. The normalized spacial score (nSPS) is 27.1. The molecule has 2 nitrogen and oxygen atoms in total. The molecule has 2 unspecified atom stereocenters. The Morgan fingerprint density at radius 1 is 1.27 bits per heavy atom. The van der Waals surface area contributed by atoms with Gasteiger partial charge in [-0.15, -0.1) is 0 Å². The molecule has 1 heterocycles. The minimum Gasteiger partial charge on any atom is -0.391 e. The van der Waals surface area contributed by atoms with E-state index in [1.807, 2.05) is 0 Å². The zero-order valence-electron chi connectivity index (χ0n) is 9.48. The molecule has 2 atom stereocenters. The van der Waals surface area contributed by atoms with Crippen LogP contribution in [0.3, 0.4) is 0 Å². The summed E-state index contributed by atoms with van der Waals surface area (Å²) in [6.07, 6.45) is -0.143. The van der Waals surface area contributed by atoms with Gasteiger partial charge < -0.3 is 5.11 Å². The van der Waals surface area contributed by atoms with Crippen molar-refractivity contribution in [1.82, 2.24) is 4.90 Å². The van der Waals surface area contributed by atoms with E-state index in [9.17, 15) is 5.11 Å². The number of β-amino-alcohol motifs (C(OH)–C–C–N with tert-alkyl or cyclic N) is 1. The standard InChI is InChI=1S/C13H19NO/c1-10-3-5-12(6-4-10)8-14-7-11(2)13(15)9-14/h3-6,11,13,15H,7-9H2,1-2H3. The zero-order valence-corrected chi connectivity index (χ0v) is 9.48. The largest absolute Gasteiger partial charge is 0.391 e. The van der Waals surface area contributed by atoms with Crippen LogP contribution >= 0.6 is 0 Å². The van der Waals surface area contributed by atoms with Gasteiger partial charge in [0, 0.05) is 19.6 Å². The number of hydrogen-bond donors (Lipinski definition) is 1. The highest BCUT2D eigenvalue weighted by Crippen LogP contribution is 2.18. The van der Waals surface area contributed by atoms with Crippen molar-refractivity contribution in [2.75, 3.05) is 13.1 Å². The Hall–Kier alpha value is -0.860. The first-order valence-electron chi connectivity index (χ1n) is 5.61. The van der Waals surface area contributed by atoms with Crippen molar-refractivity contribution in [2.45, 2.75) is 26.5 Å². The second-order valence-electron chi connectivity index (χ2n) is 4.72. The fraction of sp³-hybridized carbons (Fsp3) is 0.538. The SMILES string of the molecule is Cc1ccc(CN2CC(C)C(O)C2)cc1. The molecule has 0 aromatic heterocycles. The number of aryl methyl sites for hydroxylation is 1. The van der Waals surface area contributed by atoms with Gasteiger partial charge in [0.2, 0.25) is 0 Å². The molecule has 0 saturated carbocycles. The lowest BCUT2D eigenvalue weighted by molar-refractivity contribution is 0.147. The second kappa shape index (κ2) is 4.33. The lowest BCUT2D eigenvalue weighted by Crippen LogP contribution is -2.21. The van der Waals surface area contributed by atoms with Crippen LogP contribution in [-0.2, 0) is 6.54 Å². The molecule has 2 heteroatoms. The number of likely N-dealkylation sites (tertiary alicyclic amines) is 1.